The number of rotatable bonds is 5. The monoisotopic (exact) mass is 448 g/mol. The summed E-state index contributed by atoms with van der Waals surface area (Å²) in [5.74, 6) is 0.362. The molecule has 33 heavy (non-hydrogen) atoms. The highest BCUT2D eigenvalue weighted by Crippen LogP contribution is 2.39. The topological polar surface area (TPSA) is 62.7 Å². The zero-order chi connectivity index (χ0) is 22.8. The Morgan fingerprint density at radius 2 is 1.55 bits per heavy atom. The lowest BCUT2D eigenvalue weighted by Gasteiger charge is -2.19. The predicted octanol–water partition coefficient (Wildman–Crippen LogP) is 5.66. The van der Waals surface area contributed by atoms with E-state index < -0.39 is 11.6 Å². The third-order valence-electron chi connectivity index (χ3n) is 5.10. The van der Waals surface area contributed by atoms with Crippen LogP contribution in [0.15, 0.2) is 66.7 Å². The van der Waals surface area contributed by atoms with Crippen molar-refractivity contribution in [2.24, 2.45) is 0 Å². The van der Waals surface area contributed by atoms with Gasteiger partial charge in [-0.2, -0.15) is 0 Å². The van der Waals surface area contributed by atoms with Gasteiger partial charge >= 0.3 is 0 Å². The van der Waals surface area contributed by atoms with Crippen molar-refractivity contribution < 1.29 is 27.7 Å². The molecule has 1 aliphatic rings. The van der Waals surface area contributed by atoms with E-state index >= 15 is 0 Å². The van der Waals surface area contributed by atoms with Gasteiger partial charge in [-0.1, -0.05) is 12.1 Å². The number of halogens is 2. The number of fused-ring (bicyclic) bond motifs is 1. The van der Waals surface area contributed by atoms with Crippen LogP contribution < -0.4 is 18.9 Å². The maximum atomic E-state index is 14.1. The molecule has 0 N–H and O–H groups in total. The summed E-state index contributed by atoms with van der Waals surface area (Å²) in [5, 5.41) is 8.48. The average molecular weight is 448 g/mol. The summed E-state index contributed by atoms with van der Waals surface area (Å²) in [5.41, 5.74) is 2.85. The van der Waals surface area contributed by atoms with Gasteiger partial charge < -0.3 is 18.9 Å². The number of nitrogens with zero attached hydrogens (tertiary/aromatic N) is 2. The van der Waals surface area contributed by atoms with Crippen molar-refractivity contribution in [2.45, 2.75) is 0 Å². The first-order chi connectivity index (χ1) is 16.1. The quantitative estimate of drug-likeness (QED) is 0.393. The Bertz CT molecular complexity index is 1310. The molecule has 0 radical (unpaired) electrons. The fourth-order valence-electron chi connectivity index (χ4n) is 3.49. The second-order valence-electron chi connectivity index (χ2n) is 7.21. The van der Waals surface area contributed by atoms with Crippen LogP contribution in [-0.2, 0) is 0 Å². The van der Waals surface area contributed by atoms with Crippen LogP contribution in [0.3, 0.4) is 0 Å². The first kappa shape index (κ1) is 20.7. The van der Waals surface area contributed by atoms with Gasteiger partial charge in [-0.3, -0.25) is 0 Å². The second-order valence-corrected chi connectivity index (χ2v) is 7.21. The molecule has 1 aromatic heterocycles. The van der Waals surface area contributed by atoms with Gasteiger partial charge in [-0.15, -0.1) is 10.2 Å². The van der Waals surface area contributed by atoms with Crippen LogP contribution >= 0.6 is 0 Å². The molecule has 0 saturated heterocycles. The van der Waals surface area contributed by atoms with Gasteiger partial charge in [-0.25, -0.2) is 8.78 Å². The predicted molar refractivity (Wildman–Crippen MR) is 117 cm³/mol. The molecule has 0 atom stereocenters. The highest BCUT2D eigenvalue weighted by molar-refractivity contribution is 5.82. The van der Waals surface area contributed by atoms with E-state index in [1.165, 1.54) is 6.07 Å². The van der Waals surface area contributed by atoms with E-state index in [0.717, 1.165) is 23.3 Å². The Labute approximate surface area is 188 Å². The molecule has 5 rings (SSSR count). The van der Waals surface area contributed by atoms with Crippen LogP contribution in [0.25, 0.3) is 22.4 Å². The fraction of sp³-hybridized carbons (Fsp3) is 0.120. The molecule has 2 heterocycles. The van der Waals surface area contributed by atoms with Crippen LogP contribution in [0.4, 0.5) is 8.78 Å². The molecule has 3 aromatic carbocycles. The van der Waals surface area contributed by atoms with Crippen molar-refractivity contribution in [3.05, 3.63) is 78.4 Å². The SMILES string of the molecule is COc1ccc(-c2cc(Oc3ccc(F)cc3F)nnc2-c2ccc3c(c2)OCCO3)cc1. The van der Waals surface area contributed by atoms with Crippen molar-refractivity contribution in [2.75, 3.05) is 20.3 Å². The van der Waals surface area contributed by atoms with Gasteiger partial charge in [0.25, 0.3) is 0 Å². The summed E-state index contributed by atoms with van der Waals surface area (Å²) in [6.45, 7) is 0.957. The van der Waals surface area contributed by atoms with Gasteiger partial charge in [0.1, 0.15) is 30.5 Å². The van der Waals surface area contributed by atoms with E-state index in [2.05, 4.69) is 10.2 Å². The molecule has 0 spiro atoms. The van der Waals surface area contributed by atoms with Crippen molar-refractivity contribution >= 4 is 0 Å². The molecule has 8 heteroatoms. The Morgan fingerprint density at radius 3 is 2.30 bits per heavy atom. The van der Waals surface area contributed by atoms with E-state index in [9.17, 15) is 8.78 Å². The van der Waals surface area contributed by atoms with Crippen molar-refractivity contribution in [3.8, 4) is 51.3 Å². The lowest BCUT2D eigenvalue weighted by atomic mass is 9.99. The summed E-state index contributed by atoms with van der Waals surface area (Å²) < 4.78 is 49.5. The van der Waals surface area contributed by atoms with Crippen LogP contribution in [0.2, 0.25) is 0 Å². The number of hydrogen-bond acceptors (Lipinski definition) is 6. The van der Waals surface area contributed by atoms with Crippen LogP contribution in [-0.4, -0.2) is 30.5 Å². The first-order valence-corrected chi connectivity index (χ1v) is 10.2. The van der Waals surface area contributed by atoms with Gasteiger partial charge in [0.05, 0.1) is 7.11 Å². The lowest BCUT2D eigenvalue weighted by molar-refractivity contribution is 0.171. The third-order valence-corrected chi connectivity index (χ3v) is 5.10. The van der Waals surface area contributed by atoms with Gasteiger partial charge in [-0.05, 0) is 48.0 Å². The number of ether oxygens (including phenoxy) is 4. The number of methoxy groups -OCH3 is 1. The zero-order valence-electron chi connectivity index (χ0n) is 17.5. The summed E-state index contributed by atoms with van der Waals surface area (Å²) in [6.07, 6.45) is 0. The summed E-state index contributed by atoms with van der Waals surface area (Å²) >= 11 is 0. The molecule has 0 amide bonds. The molecular weight excluding hydrogens is 430 g/mol. The van der Waals surface area contributed by atoms with Crippen molar-refractivity contribution in [1.82, 2.24) is 10.2 Å². The Hall–Kier alpha value is -4.20. The van der Waals surface area contributed by atoms with Crippen LogP contribution in [0, 0.1) is 11.6 Å². The summed E-state index contributed by atoms with van der Waals surface area (Å²) in [7, 11) is 1.59. The highest BCUT2D eigenvalue weighted by Gasteiger charge is 2.18. The molecule has 0 aliphatic carbocycles. The molecular formula is C25H18F2N2O4. The van der Waals surface area contributed by atoms with Crippen LogP contribution in [0.1, 0.15) is 0 Å². The van der Waals surface area contributed by atoms with Gasteiger partial charge in [0.2, 0.25) is 5.88 Å². The summed E-state index contributed by atoms with van der Waals surface area (Å²) in [4.78, 5) is 0. The summed E-state index contributed by atoms with van der Waals surface area (Å²) in [6, 6.07) is 17.6. The number of aromatic nitrogens is 2. The Morgan fingerprint density at radius 1 is 0.788 bits per heavy atom. The van der Waals surface area contributed by atoms with Gasteiger partial charge in [0.15, 0.2) is 23.1 Å². The number of hydrogen-bond donors (Lipinski definition) is 0. The maximum absolute atomic E-state index is 14.1. The molecule has 1 aliphatic heterocycles. The maximum Gasteiger partial charge on any atom is 0.239 e. The van der Waals surface area contributed by atoms with Gasteiger partial charge in [0, 0.05) is 23.3 Å². The van der Waals surface area contributed by atoms with E-state index in [-0.39, 0.29) is 11.6 Å². The van der Waals surface area contributed by atoms with E-state index in [0.29, 0.717) is 41.7 Å². The van der Waals surface area contributed by atoms with Crippen molar-refractivity contribution in [1.29, 1.82) is 0 Å². The molecule has 4 aromatic rings. The average Bonchev–Trinajstić information content (AvgIpc) is 2.85. The molecule has 0 saturated carbocycles. The van der Waals surface area contributed by atoms with Crippen LogP contribution in [0.5, 0.6) is 28.9 Å². The Kier molecular flexibility index (Phi) is 5.48. The fourth-order valence-corrected chi connectivity index (χ4v) is 3.49. The largest absolute Gasteiger partial charge is 0.497 e. The first-order valence-electron chi connectivity index (χ1n) is 10.2. The van der Waals surface area contributed by atoms with Crippen molar-refractivity contribution in [3.63, 3.8) is 0 Å². The zero-order valence-corrected chi connectivity index (χ0v) is 17.5. The minimum absolute atomic E-state index is 0.0626. The van der Waals surface area contributed by atoms with E-state index in [4.69, 9.17) is 18.9 Å². The smallest absolute Gasteiger partial charge is 0.239 e. The highest BCUT2D eigenvalue weighted by atomic mass is 19.1. The minimum atomic E-state index is -0.835. The third kappa shape index (κ3) is 4.27. The lowest BCUT2D eigenvalue weighted by Crippen LogP contribution is -2.15. The molecule has 0 bridgehead atoms. The number of benzene rings is 3. The molecule has 166 valence electrons. The minimum Gasteiger partial charge on any atom is -0.497 e. The van der Waals surface area contributed by atoms with E-state index in [1.807, 2.05) is 42.5 Å². The Balaban J connectivity index is 1.59. The standard InChI is InChI=1S/C25H18F2N2O4/c1-30-18-6-2-15(3-7-18)19-14-24(33-21-9-5-17(26)13-20(21)27)28-29-25(19)16-4-8-22-23(12-16)32-11-10-31-22/h2-9,12-14H,10-11H2,1H3. The van der Waals surface area contributed by atoms with E-state index in [1.54, 1.807) is 13.2 Å². The normalized spacial score (nSPS) is 12.3. The molecule has 0 unspecified atom stereocenters. The molecule has 6 nitrogen and oxygen atoms in total. The molecule has 0 fully saturated rings. The second kappa shape index (κ2) is 8.74.